The number of anilines is 1. The average Bonchev–Trinajstić information content (AvgIpc) is 2.86. The van der Waals surface area contributed by atoms with Crippen LogP contribution in [0.3, 0.4) is 0 Å². The minimum Gasteiger partial charge on any atom is -0.445 e. The second-order valence-corrected chi connectivity index (χ2v) is 6.96. The molecule has 0 spiro atoms. The summed E-state index contributed by atoms with van der Waals surface area (Å²) in [5.41, 5.74) is 0.680. The van der Waals surface area contributed by atoms with Crippen molar-refractivity contribution in [3.05, 3.63) is 46.6 Å². The second kappa shape index (κ2) is 8.14. The number of rotatable bonds is 3. The van der Waals surface area contributed by atoms with Crippen molar-refractivity contribution in [3.63, 3.8) is 0 Å². The van der Waals surface area contributed by atoms with Crippen LogP contribution in [0.4, 0.5) is 23.8 Å². The van der Waals surface area contributed by atoms with Crippen molar-refractivity contribution in [2.45, 2.75) is 46.1 Å². The van der Waals surface area contributed by atoms with E-state index in [1.54, 1.807) is 23.7 Å². The maximum atomic E-state index is 13.0. The molecule has 0 radical (unpaired) electrons. The number of hydrogen-bond acceptors (Lipinski definition) is 4. The summed E-state index contributed by atoms with van der Waals surface area (Å²) in [6.45, 7) is 3.92. The molecular weight excluding hydrogens is 389 g/mol. The van der Waals surface area contributed by atoms with E-state index in [4.69, 9.17) is 4.74 Å². The molecule has 2 amide bonds. The molecule has 3 rings (SSSR count). The number of nitrogens with one attached hydrogen (secondary N) is 1. The maximum Gasteiger partial charge on any atom is 0.416 e. The van der Waals surface area contributed by atoms with Gasteiger partial charge in [0.1, 0.15) is 6.61 Å². The number of aryl methyl sites for hydroxylation is 2. The summed E-state index contributed by atoms with van der Waals surface area (Å²) in [6, 6.07) is 5.27. The molecule has 0 unspecified atom stereocenters. The molecule has 156 valence electrons. The molecule has 0 atom stereocenters. The van der Waals surface area contributed by atoms with E-state index in [1.165, 1.54) is 11.8 Å². The number of ether oxygens (including phenoxy) is 1. The Kier molecular flexibility index (Phi) is 5.81. The van der Waals surface area contributed by atoms with Crippen LogP contribution in [0.1, 0.15) is 35.7 Å². The Hall–Kier alpha value is -3.04. The fourth-order valence-corrected chi connectivity index (χ4v) is 3.21. The number of amides is 2. The average molecular weight is 410 g/mol. The van der Waals surface area contributed by atoms with Crippen LogP contribution in [-0.2, 0) is 35.4 Å². The fourth-order valence-electron chi connectivity index (χ4n) is 3.21. The Labute approximate surface area is 165 Å². The summed E-state index contributed by atoms with van der Waals surface area (Å²) in [5, 5.41) is 6.88. The minimum atomic E-state index is -4.46. The Bertz CT molecular complexity index is 924. The summed E-state index contributed by atoms with van der Waals surface area (Å²) in [4.78, 5) is 25.1. The largest absolute Gasteiger partial charge is 0.445 e. The van der Waals surface area contributed by atoms with Crippen molar-refractivity contribution in [2.75, 3.05) is 11.9 Å². The van der Waals surface area contributed by atoms with Crippen molar-refractivity contribution in [1.29, 1.82) is 0 Å². The number of carbonyl (C=O) groups excluding carboxylic acids is 2. The highest BCUT2D eigenvalue weighted by Gasteiger charge is 2.31. The lowest BCUT2D eigenvalue weighted by Gasteiger charge is -2.20. The zero-order valence-electron chi connectivity index (χ0n) is 16.0. The molecule has 1 aliphatic heterocycles. The van der Waals surface area contributed by atoms with Crippen molar-refractivity contribution >= 4 is 17.8 Å². The molecule has 1 aromatic carbocycles. The monoisotopic (exact) mass is 410 g/mol. The molecule has 0 fully saturated rings. The summed E-state index contributed by atoms with van der Waals surface area (Å²) in [6.07, 6.45) is -4.44. The smallest absolute Gasteiger partial charge is 0.416 e. The molecule has 1 aromatic heterocycles. The van der Waals surface area contributed by atoms with Gasteiger partial charge in [0.05, 0.1) is 17.8 Å². The molecule has 7 nitrogen and oxygen atoms in total. The van der Waals surface area contributed by atoms with Crippen LogP contribution in [0, 0.1) is 6.92 Å². The first-order valence-electron chi connectivity index (χ1n) is 9.05. The van der Waals surface area contributed by atoms with Crippen LogP contribution in [-0.4, -0.2) is 33.2 Å². The lowest BCUT2D eigenvalue weighted by atomic mass is 10.1. The van der Waals surface area contributed by atoms with Gasteiger partial charge in [0.15, 0.2) is 5.82 Å². The standard InChI is InChI=1S/C19H21F3N4O3/c1-12-6-14(8-15(7-12)19(20,21)22)11-29-18(28)25-4-3-5-26-16(10-25)9-17(24-26)23-13(2)27/h6-9H,3-5,10-11H2,1-2H3,(H,23,24,27). The molecule has 0 aliphatic carbocycles. The molecule has 0 saturated heterocycles. The maximum absolute atomic E-state index is 13.0. The second-order valence-electron chi connectivity index (χ2n) is 6.96. The van der Waals surface area contributed by atoms with Crippen LogP contribution in [0.15, 0.2) is 24.3 Å². The molecule has 29 heavy (non-hydrogen) atoms. The number of fused-ring (bicyclic) bond motifs is 1. The highest BCUT2D eigenvalue weighted by Crippen LogP contribution is 2.30. The van der Waals surface area contributed by atoms with E-state index in [-0.39, 0.29) is 24.6 Å². The highest BCUT2D eigenvalue weighted by molar-refractivity contribution is 5.87. The van der Waals surface area contributed by atoms with E-state index in [0.717, 1.165) is 17.8 Å². The van der Waals surface area contributed by atoms with Gasteiger partial charge in [-0.25, -0.2) is 4.79 Å². The first-order valence-corrected chi connectivity index (χ1v) is 9.05. The van der Waals surface area contributed by atoms with Gasteiger partial charge in [0.25, 0.3) is 0 Å². The first-order chi connectivity index (χ1) is 13.6. The van der Waals surface area contributed by atoms with E-state index >= 15 is 0 Å². The number of aromatic nitrogens is 2. The zero-order valence-corrected chi connectivity index (χ0v) is 16.0. The van der Waals surface area contributed by atoms with Crippen molar-refractivity contribution < 1.29 is 27.5 Å². The van der Waals surface area contributed by atoms with Gasteiger partial charge in [-0.2, -0.15) is 18.3 Å². The number of benzene rings is 1. The van der Waals surface area contributed by atoms with E-state index in [2.05, 4.69) is 10.4 Å². The van der Waals surface area contributed by atoms with Gasteiger partial charge in [-0.1, -0.05) is 11.6 Å². The summed E-state index contributed by atoms with van der Waals surface area (Å²) in [7, 11) is 0. The quantitative estimate of drug-likeness (QED) is 0.837. The highest BCUT2D eigenvalue weighted by atomic mass is 19.4. The summed E-state index contributed by atoms with van der Waals surface area (Å²) in [5.74, 6) is 0.160. The Morgan fingerprint density at radius 2 is 1.97 bits per heavy atom. The van der Waals surface area contributed by atoms with Crippen LogP contribution < -0.4 is 5.32 Å². The van der Waals surface area contributed by atoms with Gasteiger partial charge in [-0.3, -0.25) is 9.48 Å². The van der Waals surface area contributed by atoms with E-state index in [1.807, 2.05) is 0 Å². The van der Waals surface area contributed by atoms with E-state index in [9.17, 15) is 22.8 Å². The predicted molar refractivity (Wildman–Crippen MR) is 97.9 cm³/mol. The van der Waals surface area contributed by atoms with Crippen LogP contribution in [0.5, 0.6) is 0 Å². The SMILES string of the molecule is CC(=O)Nc1cc2n(n1)CCCN(C(=O)OCc1cc(C)cc(C(F)(F)F)c1)C2. The fraction of sp³-hybridized carbons (Fsp3) is 0.421. The zero-order chi connectivity index (χ0) is 21.2. The minimum absolute atomic E-state index is 0.229. The van der Waals surface area contributed by atoms with Gasteiger partial charge in [0, 0.05) is 26.1 Å². The van der Waals surface area contributed by atoms with Gasteiger partial charge >= 0.3 is 12.3 Å². The number of alkyl halides is 3. The lowest BCUT2D eigenvalue weighted by molar-refractivity contribution is -0.137. The number of hydrogen-bond donors (Lipinski definition) is 1. The molecule has 1 N–H and O–H groups in total. The third-order valence-corrected chi connectivity index (χ3v) is 4.40. The summed E-state index contributed by atoms with van der Waals surface area (Å²) >= 11 is 0. The van der Waals surface area contributed by atoms with Gasteiger partial charge in [-0.15, -0.1) is 0 Å². The normalized spacial score (nSPS) is 14.2. The number of nitrogens with zero attached hydrogens (tertiary/aromatic N) is 3. The molecule has 10 heteroatoms. The van der Waals surface area contributed by atoms with Crippen molar-refractivity contribution in [2.24, 2.45) is 0 Å². The predicted octanol–water partition coefficient (Wildman–Crippen LogP) is 3.71. The molecule has 2 heterocycles. The van der Waals surface area contributed by atoms with Gasteiger partial charge in [0.2, 0.25) is 5.91 Å². The lowest BCUT2D eigenvalue weighted by Crippen LogP contribution is -2.31. The third-order valence-electron chi connectivity index (χ3n) is 4.40. The Balaban J connectivity index is 1.66. The van der Waals surface area contributed by atoms with Crippen molar-refractivity contribution in [3.8, 4) is 0 Å². The van der Waals surface area contributed by atoms with Crippen LogP contribution >= 0.6 is 0 Å². The Morgan fingerprint density at radius 3 is 2.66 bits per heavy atom. The van der Waals surface area contributed by atoms with Crippen LogP contribution in [0.2, 0.25) is 0 Å². The molecular formula is C19H21F3N4O3. The first kappa shape index (κ1) is 20.7. The van der Waals surface area contributed by atoms with Gasteiger partial charge in [-0.05, 0) is 31.0 Å². The van der Waals surface area contributed by atoms with E-state index in [0.29, 0.717) is 30.9 Å². The van der Waals surface area contributed by atoms with Gasteiger partial charge < -0.3 is 15.0 Å². The molecule has 2 aromatic rings. The summed E-state index contributed by atoms with van der Waals surface area (Å²) < 4.78 is 45.8. The van der Waals surface area contributed by atoms with E-state index < -0.39 is 17.8 Å². The molecule has 1 aliphatic rings. The molecule has 0 saturated carbocycles. The number of halogens is 3. The topological polar surface area (TPSA) is 76.5 Å². The Morgan fingerprint density at radius 1 is 1.21 bits per heavy atom. The number of carbonyl (C=O) groups is 2. The third kappa shape index (κ3) is 5.27. The van der Waals surface area contributed by atoms with Crippen LogP contribution in [0.25, 0.3) is 0 Å². The van der Waals surface area contributed by atoms with Crippen molar-refractivity contribution in [1.82, 2.24) is 14.7 Å². The molecule has 0 bridgehead atoms.